The molecule has 2 aromatic rings. The standard InChI is InChI=1S/C15H14SSe2/c16-15(17-11-13-7-3-1-4-8-13)18-12-14-9-5-2-6-10-14/h1-10H,11-12H2. The summed E-state index contributed by atoms with van der Waals surface area (Å²) in [5.74, 6) is 0. The van der Waals surface area contributed by atoms with Crippen LogP contribution >= 0.6 is 12.2 Å². The average Bonchev–Trinajstić information content (AvgIpc) is 2.45. The van der Waals surface area contributed by atoms with Gasteiger partial charge in [0.1, 0.15) is 0 Å². The first kappa shape index (κ1) is 14.0. The van der Waals surface area contributed by atoms with Gasteiger partial charge in [-0.05, 0) is 0 Å². The van der Waals surface area contributed by atoms with Gasteiger partial charge in [0.2, 0.25) is 0 Å². The summed E-state index contributed by atoms with van der Waals surface area (Å²) in [7, 11) is 0. The van der Waals surface area contributed by atoms with Crippen molar-refractivity contribution in [2.45, 2.75) is 10.6 Å². The predicted molar refractivity (Wildman–Crippen MR) is 84.4 cm³/mol. The van der Waals surface area contributed by atoms with Crippen molar-refractivity contribution in [2.75, 3.05) is 0 Å². The summed E-state index contributed by atoms with van der Waals surface area (Å²) in [6, 6.07) is 21.3. The van der Waals surface area contributed by atoms with Gasteiger partial charge in [-0.2, -0.15) is 0 Å². The molecule has 18 heavy (non-hydrogen) atoms. The Morgan fingerprint density at radius 2 is 1.11 bits per heavy atom. The van der Waals surface area contributed by atoms with Crippen LogP contribution in [0, 0.1) is 0 Å². The molecule has 3 heteroatoms. The number of rotatable bonds is 6. The molecule has 0 N–H and O–H groups in total. The fraction of sp³-hybridized carbons (Fsp3) is 0.133. The van der Waals surface area contributed by atoms with Gasteiger partial charge in [-0.15, -0.1) is 0 Å². The van der Waals surface area contributed by atoms with E-state index < -0.39 is 0 Å². The van der Waals surface area contributed by atoms with Crippen LogP contribution in [0.5, 0.6) is 0 Å². The number of hydrogen-bond acceptors (Lipinski definition) is 1. The van der Waals surface area contributed by atoms with Crippen LogP contribution in [-0.4, -0.2) is 32.6 Å². The van der Waals surface area contributed by atoms with Crippen LogP contribution in [0.3, 0.4) is 0 Å². The predicted octanol–water partition coefficient (Wildman–Crippen LogP) is 3.08. The zero-order valence-electron chi connectivity index (χ0n) is 9.91. The van der Waals surface area contributed by atoms with Crippen molar-refractivity contribution >= 4 is 44.8 Å². The van der Waals surface area contributed by atoms with Crippen molar-refractivity contribution in [3.63, 3.8) is 0 Å². The molecule has 0 aliphatic carbocycles. The molecule has 0 radical (unpaired) electrons. The number of thiocarbonyl (C=S) groups is 1. The normalized spacial score (nSPS) is 10.2. The van der Waals surface area contributed by atoms with Gasteiger partial charge in [0.25, 0.3) is 0 Å². The Morgan fingerprint density at radius 3 is 1.50 bits per heavy atom. The molecule has 0 saturated carbocycles. The molecule has 0 atom stereocenters. The first-order chi connectivity index (χ1) is 8.84. The average molecular weight is 384 g/mol. The van der Waals surface area contributed by atoms with E-state index in [4.69, 9.17) is 12.2 Å². The Bertz CT molecular complexity index is 437. The summed E-state index contributed by atoms with van der Waals surface area (Å²) >= 11 is 6.46. The van der Waals surface area contributed by atoms with Crippen LogP contribution in [0.25, 0.3) is 0 Å². The minimum absolute atomic E-state index is 0.478. The summed E-state index contributed by atoms with van der Waals surface area (Å²) in [4.78, 5) is 0. The quantitative estimate of drug-likeness (QED) is 0.545. The molecular formula is C15H14SSe2. The Kier molecular flexibility index (Phi) is 6.13. The van der Waals surface area contributed by atoms with Crippen LogP contribution in [0.1, 0.15) is 11.1 Å². The first-order valence-corrected chi connectivity index (χ1v) is 10.3. The zero-order chi connectivity index (χ0) is 12.6. The minimum atomic E-state index is 0.478. The van der Waals surface area contributed by atoms with Gasteiger partial charge in [-0.1, -0.05) is 0 Å². The van der Waals surface area contributed by atoms with Crippen molar-refractivity contribution in [3.05, 3.63) is 71.8 Å². The van der Waals surface area contributed by atoms with E-state index in [0.29, 0.717) is 29.9 Å². The molecule has 0 nitrogen and oxygen atoms in total. The van der Waals surface area contributed by atoms with Crippen molar-refractivity contribution in [1.82, 2.24) is 0 Å². The Hall–Kier alpha value is -0.431. The Labute approximate surface area is 127 Å². The summed E-state index contributed by atoms with van der Waals surface area (Å²) < 4.78 is 1.31. The van der Waals surface area contributed by atoms with Gasteiger partial charge in [0, 0.05) is 0 Å². The SMILES string of the molecule is S=C([Se]Cc1ccccc1)[Se]Cc1ccccc1. The van der Waals surface area contributed by atoms with Crippen molar-refractivity contribution in [1.29, 1.82) is 0 Å². The van der Waals surface area contributed by atoms with E-state index in [0.717, 1.165) is 10.6 Å². The maximum absolute atomic E-state index is 5.51. The van der Waals surface area contributed by atoms with E-state index in [2.05, 4.69) is 60.7 Å². The van der Waals surface area contributed by atoms with E-state index in [1.54, 1.807) is 0 Å². The molecule has 0 heterocycles. The molecule has 0 aliphatic rings. The Balaban J connectivity index is 1.73. The van der Waals surface area contributed by atoms with Crippen LogP contribution in [0.2, 0.25) is 0 Å². The second-order valence-corrected chi connectivity index (χ2v) is 10.8. The van der Waals surface area contributed by atoms with E-state index in [9.17, 15) is 0 Å². The maximum atomic E-state index is 5.51. The van der Waals surface area contributed by atoms with Crippen molar-refractivity contribution in [3.8, 4) is 0 Å². The molecule has 0 aromatic heterocycles. The monoisotopic (exact) mass is 386 g/mol. The van der Waals surface area contributed by atoms with Crippen LogP contribution in [-0.2, 0) is 10.6 Å². The van der Waals surface area contributed by atoms with Gasteiger partial charge in [0.05, 0.1) is 0 Å². The molecule has 0 bridgehead atoms. The molecule has 0 aliphatic heterocycles. The molecule has 2 rings (SSSR count). The summed E-state index contributed by atoms with van der Waals surface area (Å²) in [5.41, 5.74) is 2.82. The molecule has 92 valence electrons. The third-order valence-corrected chi connectivity index (χ3v) is 9.19. The molecule has 0 unspecified atom stereocenters. The molecule has 0 amide bonds. The van der Waals surface area contributed by atoms with E-state index in [1.165, 1.54) is 13.8 Å². The van der Waals surface area contributed by atoms with Crippen molar-refractivity contribution in [2.24, 2.45) is 0 Å². The first-order valence-electron chi connectivity index (χ1n) is 5.72. The van der Waals surface area contributed by atoms with E-state index in [1.807, 2.05) is 0 Å². The van der Waals surface area contributed by atoms with Crippen molar-refractivity contribution < 1.29 is 0 Å². The fourth-order valence-electron chi connectivity index (χ4n) is 1.47. The summed E-state index contributed by atoms with van der Waals surface area (Å²) in [5, 5.41) is 2.28. The van der Waals surface area contributed by atoms with Gasteiger partial charge in [-0.25, -0.2) is 0 Å². The molecule has 0 spiro atoms. The number of hydrogen-bond donors (Lipinski definition) is 0. The summed E-state index contributed by atoms with van der Waals surface area (Å²) in [6.45, 7) is 0. The van der Waals surface area contributed by atoms with Crippen LogP contribution < -0.4 is 0 Å². The topological polar surface area (TPSA) is 0 Å². The van der Waals surface area contributed by atoms with Gasteiger partial charge >= 0.3 is 127 Å². The molecular weight excluding hydrogens is 370 g/mol. The third-order valence-electron chi connectivity index (χ3n) is 2.40. The molecule has 0 saturated heterocycles. The van der Waals surface area contributed by atoms with Crippen LogP contribution in [0.15, 0.2) is 60.7 Å². The van der Waals surface area contributed by atoms with Gasteiger partial charge in [0.15, 0.2) is 0 Å². The second-order valence-electron chi connectivity index (χ2n) is 3.80. The second kappa shape index (κ2) is 7.88. The van der Waals surface area contributed by atoms with Gasteiger partial charge < -0.3 is 0 Å². The van der Waals surface area contributed by atoms with Crippen LogP contribution in [0.4, 0.5) is 0 Å². The Morgan fingerprint density at radius 1 is 0.722 bits per heavy atom. The van der Waals surface area contributed by atoms with E-state index in [-0.39, 0.29) is 0 Å². The van der Waals surface area contributed by atoms with Gasteiger partial charge in [-0.3, -0.25) is 0 Å². The zero-order valence-corrected chi connectivity index (χ0v) is 14.2. The third kappa shape index (κ3) is 5.05. The number of benzene rings is 2. The summed E-state index contributed by atoms with van der Waals surface area (Å²) in [6.07, 6.45) is 0. The van der Waals surface area contributed by atoms with E-state index >= 15 is 0 Å². The molecule has 0 fully saturated rings. The fourth-order valence-corrected chi connectivity index (χ4v) is 6.46. The molecule has 2 aromatic carbocycles.